The number of hydrogen-bond acceptors (Lipinski definition) is 3. The summed E-state index contributed by atoms with van der Waals surface area (Å²) >= 11 is 0. The quantitative estimate of drug-likeness (QED) is 0.657. The zero-order valence-corrected chi connectivity index (χ0v) is 12.4. The molecule has 1 aliphatic carbocycles. The van der Waals surface area contributed by atoms with Crippen molar-refractivity contribution in [2.24, 2.45) is 10.7 Å². The minimum atomic E-state index is 0.330. The van der Waals surface area contributed by atoms with Gasteiger partial charge in [0.15, 0.2) is 5.96 Å². The normalized spacial score (nSPS) is 15.2. The molecule has 3 N–H and O–H groups in total. The van der Waals surface area contributed by atoms with Crippen molar-refractivity contribution < 1.29 is 4.74 Å². The van der Waals surface area contributed by atoms with Crippen LogP contribution in [0.4, 0.5) is 5.69 Å². The number of para-hydroxylation sites is 1. The molecule has 3 rings (SSSR count). The van der Waals surface area contributed by atoms with Crippen molar-refractivity contribution in [1.29, 1.82) is 0 Å². The number of nitrogens with zero attached hydrogens (tertiary/aromatic N) is 2. The number of benzene rings is 1. The van der Waals surface area contributed by atoms with Crippen LogP contribution in [0.2, 0.25) is 0 Å². The second kappa shape index (κ2) is 6.93. The molecule has 1 aromatic carbocycles. The van der Waals surface area contributed by atoms with Crippen LogP contribution in [0.25, 0.3) is 0 Å². The van der Waals surface area contributed by atoms with Crippen LogP contribution in [0.1, 0.15) is 24.8 Å². The maximum atomic E-state index is 5.90. The Kier molecular flexibility index (Phi) is 4.53. The molecule has 5 heteroatoms. The van der Waals surface area contributed by atoms with E-state index in [0.717, 1.165) is 24.1 Å². The predicted octanol–water partition coefficient (Wildman–Crippen LogP) is 2.94. The van der Waals surface area contributed by atoms with E-state index in [9.17, 15) is 0 Å². The molecule has 22 heavy (non-hydrogen) atoms. The lowest BCUT2D eigenvalue weighted by atomic mass is 9.96. The summed E-state index contributed by atoms with van der Waals surface area (Å²) in [4.78, 5) is 8.58. The van der Waals surface area contributed by atoms with Crippen LogP contribution in [0.15, 0.2) is 53.7 Å². The number of nitrogens with two attached hydrogens (primary N) is 1. The molecule has 0 saturated heterocycles. The van der Waals surface area contributed by atoms with Crippen LogP contribution in [0, 0.1) is 0 Å². The Hall–Kier alpha value is -2.56. The van der Waals surface area contributed by atoms with Crippen molar-refractivity contribution in [2.45, 2.75) is 31.9 Å². The molecule has 0 unspecified atom stereocenters. The fraction of sp³-hybridized carbons (Fsp3) is 0.294. The Morgan fingerprint density at radius 1 is 1.27 bits per heavy atom. The summed E-state index contributed by atoms with van der Waals surface area (Å²) in [5, 5.41) is 3.06. The Balaban J connectivity index is 1.57. The lowest BCUT2D eigenvalue weighted by Crippen LogP contribution is -2.25. The minimum Gasteiger partial charge on any atom is -0.474 e. The molecular weight excluding hydrogens is 276 g/mol. The molecule has 0 aliphatic heterocycles. The first-order chi connectivity index (χ1) is 10.8. The number of guanidine groups is 1. The number of hydrogen-bond donors (Lipinski definition) is 2. The average molecular weight is 296 g/mol. The van der Waals surface area contributed by atoms with Gasteiger partial charge >= 0.3 is 0 Å². The summed E-state index contributed by atoms with van der Waals surface area (Å²) in [6.07, 6.45) is 5.57. The summed E-state index contributed by atoms with van der Waals surface area (Å²) in [5.41, 5.74) is 7.85. The molecule has 1 heterocycles. The second-order valence-corrected chi connectivity index (χ2v) is 5.37. The van der Waals surface area contributed by atoms with Gasteiger partial charge in [0.25, 0.3) is 0 Å². The molecule has 5 nitrogen and oxygen atoms in total. The van der Waals surface area contributed by atoms with Crippen molar-refractivity contribution in [1.82, 2.24) is 4.98 Å². The highest BCUT2D eigenvalue weighted by molar-refractivity contribution is 5.92. The maximum Gasteiger partial charge on any atom is 0.213 e. The third kappa shape index (κ3) is 3.97. The van der Waals surface area contributed by atoms with Gasteiger partial charge in [-0.05, 0) is 43.0 Å². The standard InChI is InChI=1S/C17H20N4O/c18-17(21-14-5-2-1-3-6-14)20-12-13-9-10-19-16(11-13)22-15-7-4-8-15/h1-3,5-6,9-11,15H,4,7-8,12H2,(H3,18,20,21). The Morgan fingerprint density at radius 2 is 2.09 bits per heavy atom. The van der Waals surface area contributed by atoms with E-state index in [1.165, 1.54) is 6.42 Å². The molecule has 114 valence electrons. The number of rotatable bonds is 5. The molecule has 1 saturated carbocycles. The third-order valence-corrected chi connectivity index (χ3v) is 3.62. The molecule has 0 amide bonds. The van der Waals surface area contributed by atoms with Gasteiger partial charge in [-0.25, -0.2) is 9.98 Å². The fourth-order valence-electron chi connectivity index (χ4n) is 2.16. The highest BCUT2D eigenvalue weighted by atomic mass is 16.5. The van der Waals surface area contributed by atoms with Crippen molar-refractivity contribution in [2.75, 3.05) is 5.32 Å². The van der Waals surface area contributed by atoms with Crippen molar-refractivity contribution in [3.05, 3.63) is 54.2 Å². The zero-order valence-electron chi connectivity index (χ0n) is 12.4. The number of pyridine rings is 1. The first-order valence-corrected chi connectivity index (χ1v) is 7.53. The largest absolute Gasteiger partial charge is 0.474 e. The maximum absolute atomic E-state index is 5.90. The highest BCUT2D eigenvalue weighted by Crippen LogP contribution is 2.24. The van der Waals surface area contributed by atoms with Crippen LogP contribution < -0.4 is 15.8 Å². The molecule has 1 fully saturated rings. The van der Waals surface area contributed by atoms with E-state index in [1.54, 1.807) is 6.20 Å². The van der Waals surface area contributed by atoms with Gasteiger partial charge in [-0.1, -0.05) is 18.2 Å². The molecule has 0 spiro atoms. The molecule has 1 aromatic heterocycles. The first kappa shape index (κ1) is 14.4. The van der Waals surface area contributed by atoms with Crippen molar-refractivity contribution >= 4 is 11.6 Å². The Bertz CT molecular complexity index is 638. The zero-order chi connectivity index (χ0) is 15.2. The number of aliphatic imine (C=N–C) groups is 1. The number of aromatic nitrogens is 1. The molecule has 2 aromatic rings. The van der Waals surface area contributed by atoms with E-state index in [-0.39, 0.29) is 0 Å². The molecular formula is C17H20N4O. The summed E-state index contributed by atoms with van der Waals surface area (Å²) < 4.78 is 5.79. The van der Waals surface area contributed by atoms with Crippen LogP contribution in [0.5, 0.6) is 5.88 Å². The second-order valence-electron chi connectivity index (χ2n) is 5.37. The number of nitrogens with one attached hydrogen (secondary N) is 1. The minimum absolute atomic E-state index is 0.330. The molecule has 0 atom stereocenters. The van der Waals surface area contributed by atoms with E-state index in [1.807, 2.05) is 42.5 Å². The van der Waals surface area contributed by atoms with E-state index in [0.29, 0.717) is 24.5 Å². The van der Waals surface area contributed by atoms with Gasteiger partial charge in [-0.15, -0.1) is 0 Å². The summed E-state index contributed by atoms with van der Waals surface area (Å²) in [5.74, 6) is 1.07. The number of anilines is 1. The Morgan fingerprint density at radius 3 is 2.82 bits per heavy atom. The van der Waals surface area contributed by atoms with Crippen LogP contribution in [-0.2, 0) is 6.54 Å². The summed E-state index contributed by atoms with van der Waals surface area (Å²) in [7, 11) is 0. The van der Waals surface area contributed by atoms with E-state index < -0.39 is 0 Å². The summed E-state index contributed by atoms with van der Waals surface area (Å²) in [6, 6.07) is 13.6. The molecule has 0 radical (unpaired) electrons. The van der Waals surface area contributed by atoms with Gasteiger partial charge in [0.2, 0.25) is 5.88 Å². The number of ether oxygens (including phenoxy) is 1. The van der Waals surface area contributed by atoms with Gasteiger partial charge in [-0.2, -0.15) is 0 Å². The van der Waals surface area contributed by atoms with Crippen LogP contribution >= 0.6 is 0 Å². The lowest BCUT2D eigenvalue weighted by molar-refractivity contribution is 0.114. The van der Waals surface area contributed by atoms with Crippen molar-refractivity contribution in [3.8, 4) is 5.88 Å². The Labute approximate surface area is 130 Å². The van der Waals surface area contributed by atoms with E-state index >= 15 is 0 Å². The van der Waals surface area contributed by atoms with Gasteiger partial charge in [0, 0.05) is 18.0 Å². The van der Waals surface area contributed by atoms with E-state index in [2.05, 4.69) is 15.3 Å². The lowest BCUT2D eigenvalue weighted by Gasteiger charge is -2.25. The smallest absolute Gasteiger partial charge is 0.213 e. The monoisotopic (exact) mass is 296 g/mol. The van der Waals surface area contributed by atoms with Gasteiger partial charge in [0.1, 0.15) is 6.10 Å². The highest BCUT2D eigenvalue weighted by Gasteiger charge is 2.19. The third-order valence-electron chi connectivity index (χ3n) is 3.62. The van der Waals surface area contributed by atoms with Crippen LogP contribution in [-0.4, -0.2) is 17.0 Å². The molecule has 1 aliphatic rings. The summed E-state index contributed by atoms with van der Waals surface area (Å²) in [6.45, 7) is 0.495. The van der Waals surface area contributed by atoms with Crippen LogP contribution in [0.3, 0.4) is 0 Å². The molecule has 0 bridgehead atoms. The van der Waals surface area contributed by atoms with Gasteiger partial charge < -0.3 is 15.8 Å². The first-order valence-electron chi connectivity index (χ1n) is 7.53. The average Bonchev–Trinajstić information content (AvgIpc) is 2.50. The van der Waals surface area contributed by atoms with Gasteiger partial charge in [-0.3, -0.25) is 0 Å². The SMILES string of the molecule is NC(=NCc1ccnc(OC2CCC2)c1)Nc1ccccc1. The van der Waals surface area contributed by atoms with Gasteiger partial charge in [0.05, 0.1) is 6.54 Å². The predicted molar refractivity (Wildman–Crippen MR) is 87.9 cm³/mol. The van der Waals surface area contributed by atoms with Crippen molar-refractivity contribution in [3.63, 3.8) is 0 Å². The fourth-order valence-corrected chi connectivity index (χ4v) is 2.16. The topological polar surface area (TPSA) is 72.5 Å². The van der Waals surface area contributed by atoms with E-state index in [4.69, 9.17) is 10.5 Å².